The number of hydrogen-bond acceptors (Lipinski definition) is 15. The van der Waals surface area contributed by atoms with Gasteiger partial charge in [-0.25, -0.2) is 8.78 Å². The smallest absolute Gasteiger partial charge is 0.203 e. The molecule has 2 aromatic heterocycles. The summed E-state index contributed by atoms with van der Waals surface area (Å²) in [5.74, 6) is 1.70. The van der Waals surface area contributed by atoms with Crippen molar-refractivity contribution >= 4 is 39.7 Å². The van der Waals surface area contributed by atoms with E-state index in [9.17, 15) is 33.1 Å². The van der Waals surface area contributed by atoms with E-state index >= 15 is 0 Å². The van der Waals surface area contributed by atoms with E-state index in [4.69, 9.17) is 44.0 Å². The summed E-state index contributed by atoms with van der Waals surface area (Å²) in [6, 6.07) is 77.7. The third-order valence-corrected chi connectivity index (χ3v) is 17.3. The molecular formula is C91H85F2N3O12. The summed E-state index contributed by atoms with van der Waals surface area (Å²) in [4.78, 5) is 50.6. The normalized spacial score (nSPS) is 11.1. The highest BCUT2D eigenvalue weighted by molar-refractivity contribution is 6.02. The van der Waals surface area contributed by atoms with Gasteiger partial charge in [0.1, 0.15) is 74.9 Å². The minimum absolute atomic E-state index is 0.0179. The van der Waals surface area contributed by atoms with Crippen molar-refractivity contribution in [2.24, 2.45) is 10.9 Å². The summed E-state index contributed by atoms with van der Waals surface area (Å²) in [6.45, 7) is 13.5. The van der Waals surface area contributed by atoms with Gasteiger partial charge in [0.25, 0.3) is 0 Å². The number of ketones is 2. The minimum Gasteiger partial charge on any atom is -0.507 e. The van der Waals surface area contributed by atoms with Crippen molar-refractivity contribution in [2.45, 2.75) is 80.1 Å². The lowest BCUT2D eigenvalue weighted by Gasteiger charge is -2.17. The largest absolute Gasteiger partial charge is 0.507 e. The Hall–Kier alpha value is -12.9. The van der Waals surface area contributed by atoms with Crippen LogP contribution in [-0.2, 0) is 24.2 Å². The van der Waals surface area contributed by atoms with Crippen molar-refractivity contribution < 1.29 is 56.5 Å². The second-order valence-corrected chi connectivity index (χ2v) is 25.0. The molecule has 0 amide bonds. The molecule has 17 heteroatoms. The Labute approximate surface area is 627 Å². The zero-order valence-corrected chi connectivity index (χ0v) is 61.8. The van der Waals surface area contributed by atoms with Crippen LogP contribution in [0.15, 0.2) is 278 Å². The first kappa shape index (κ1) is 80.8. The number of carbonyl (C=O) groups excluding carboxylic acids is 2. The van der Waals surface area contributed by atoms with E-state index in [-0.39, 0.29) is 51.1 Å². The summed E-state index contributed by atoms with van der Waals surface area (Å²) in [5.41, 5.74) is 18.1. The fourth-order valence-electron chi connectivity index (χ4n) is 11.8. The van der Waals surface area contributed by atoms with Crippen LogP contribution in [0.4, 0.5) is 8.78 Å². The zero-order chi connectivity index (χ0) is 77.8. The molecule has 550 valence electrons. The average Bonchev–Trinajstić information content (AvgIpc) is 0.765. The Morgan fingerprint density at radius 2 is 0.954 bits per heavy atom. The number of nitrogens with zero attached hydrogens (tertiary/aromatic N) is 2. The molecule has 13 aromatic rings. The van der Waals surface area contributed by atoms with Crippen LogP contribution in [0.2, 0.25) is 0 Å². The third-order valence-electron chi connectivity index (χ3n) is 17.3. The first-order chi connectivity index (χ1) is 52.1. The van der Waals surface area contributed by atoms with Crippen LogP contribution in [0.1, 0.15) is 114 Å². The first-order valence-electron chi connectivity index (χ1n) is 34.6. The van der Waals surface area contributed by atoms with Gasteiger partial charge >= 0.3 is 0 Å². The van der Waals surface area contributed by atoms with Gasteiger partial charge < -0.3 is 43.8 Å². The number of carbonyl (C=O) groups is 2. The molecule has 0 aliphatic heterocycles. The van der Waals surface area contributed by atoms with Gasteiger partial charge in [-0.2, -0.15) is 5.26 Å². The maximum absolute atomic E-state index is 14.0. The molecule has 2 heterocycles. The summed E-state index contributed by atoms with van der Waals surface area (Å²) in [6.07, 6.45) is 1.73. The number of phenolic OH excluding ortho intramolecular Hbond substituents is 1. The molecule has 2 unspecified atom stereocenters. The van der Waals surface area contributed by atoms with Crippen LogP contribution >= 0.6 is 0 Å². The van der Waals surface area contributed by atoms with Gasteiger partial charge in [-0.15, -0.1) is 0 Å². The highest BCUT2D eigenvalue weighted by atomic mass is 19.1. The molecule has 108 heavy (non-hydrogen) atoms. The first-order valence-corrected chi connectivity index (χ1v) is 34.6. The Morgan fingerprint density at radius 1 is 0.509 bits per heavy atom. The SMILES string of the molecule is CC(N)c1oc2cccc(F)c2c(=O)c1-c1cccc(F)c1.COc1cccc(C)c1/C=N/O.COc1cccc(C)c1C#N.COc1cccc(C)c1C(=O)Cc1ccccc1.Cc1cccc(O)c1C(=O)Cc1ccccc1.Cc1cccc2oc(C(C)OCc3ccccc3)c(-c3ccccc3)c(=O)c12. The van der Waals surface area contributed by atoms with E-state index < -0.39 is 23.1 Å². The molecule has 2 atom stereocenters. The highest BCUT2D eigenvalue weighted by Crippen LogP contribution is 2.34. The lowest BCUT2D eigenvalue weighted by molar-refractivity contribution is 0.0389. The van der Waals surface area contributed by atoms with E-state index in [0.29, 0.717) is 81.2 Å². The number of ether oxygens (including phenoxy) is 4. The quantitative estimate of drug-likeness (QED) is 0.0333. The number of rotatable bonds is 17. The van der Waals surface area contributed by atoms with Crippen molar-refractivity contribution in [2.75, 3.05) is 21.3 Å². The molecule has 4 N–H and O–H groups in total. The summed E-state index contributed by atoms with van der Waals surface area (Å²) < 4.78 is 60.7. The third kappa shape index (κ3) is 21.2. The number of methoxy groups -OCH3 is 3. The van der Waals surface area contributed by atoms with Gasteiger partial charge in [-0.05, 0) is 159 Å². The summed E-state index contributed by atoms with van der Waals surface area (Å²) in [5, 5.41) is 30.2. The fourth-order valence-corrected chi connectivity index (χ4v) is 11.8. The van der Waals surface area contributed by atoms with Crippen molar-refractivity contribution in [3.63, 3.8) is 0 Å². The monoisotopic (exact) mass is 1450 g/mol. The number of oxime groups is 1. The Morgan fingerprint density at radius 3 is 1.50 bits per heavy atom. The molecule has 0 bridgehead atoms. The van der Waals surface area contributed by atoms with Gasteiger partial charge in [0.05, 0.1) is 73.4 Å². The van der Waals surface area contributed by atoms with Gasteiger partial charge in [-0.3, -0.25) is 19.2 Å². The lowest BCUT2D eigenvalue weighted by Crippen LogP contribution is -2.15. The maximum Gasteiger partial charge on any atom is 0.203 e. The van der Waals surface area contributed by atoms with Crippen LogP contribution in [0.3, 0.4) is 0 Å². The second-order valence-electron chi connectivity index (χ2n) is 25.0. The van der Waals surface area contributed by atoms with Crippen molar-refractivity contribution in [3.8, 4) is 51.3 Å². The van der Waals surface area contributed by atoms with Crippen LogP contribution < -0.4 is 30.8 Å². The van der Waals surface area contributed by atoms with Gasteiger partial charge in [0.15, 0.2) is 11.6 Å². The van der Waals surface area contributed by atoms with Crippen LogP contribution in [0.25, 0.3) is 44.2 Å². The number of fused-ring (bicyclic) bond motifs is 2. The number of phenols is 1. The number of hydrogen-bond donors (Lipinski definition) is 3. The molecule has 0 aliphatic rings. The molecule has 0 aliphatic carbocycles. The number of halogens is 2. The van der Waals surface area contributed by atoms with E-state index in [0.717, 1.165) is 55.6 Å². The molecule has 0 saturated heterocycles. The lowest BCUT2D eigenvalue weighted by atomic mass is 9.98. The van der Waals surface area contributed by atoms with Gasteiger partial charge in [0.2, 0.25) is 10.9 Å². The van der Waals surface area contributed by atoms with Crippen molar-refractivity contribution in [1.29, 1.82) is 5.26 Å². The highest BCUT2D eigenvalue weighted by Gasteiger charge is 2.24. The predicted octanol–water partition coefficient (Wildman–Crippen LogP) is 20.0. The summed E-state index contributed by atoms with van der Waals surface area (Å²) in [7, 11) is 4.74. The minimum atomic E-state index is -0.680. The van der Waals surface area contributed by atoms with E-state index in [1.54, 1.807) is 52.5 Å². The average molecular weight is 1450 g/mol. The molecule has 0 fully saturated rings. The van der Waals surface area contributed by atoms with E-state index in [1.807, 2.05) is 236 Å². The number of benzene rings is 11. The van der Waals surface area contributed by atoms with Gasteiger partial charge in [0, 0.05) is 18.4 Å². The molecule has 11 aromatic carbocycles. The fraction of sp³-hybridized carbons (Fsp3) is 0.165. The predicted molar refractivity (Wildman–Crippen MR) is 422 cm³/mol. The Balaban J connectivity index is 0.000000168. The van der Waals surface area contributed by atoms with Gasteiger partial charge in [-0.1, -0.05) is 205 Å². The van der Waals surface area contributed by atoms with Crippen LogP contribution in [0.5, 0.6) is 23.0 Å². The number of nitrogens with two attached hydrogens (primary N) is 1. The maximum atomic E-state index is 14.0. The van der Waals surface area contributed by atoms with Crippen LogP contribution in [-0.4, -0.2) is 49.4 Å². The topological polar surface area (TPSA) is 234 Å². The van der Waals surface area contributed by atoms with Crippen LogP contribution in [0, 0.1) is 57.6 Å². The number of aryl methyl sites for hydroxylation is 5. The summed E-state index contributed by atoms with van der Waals surface area (Å²) >= 11 is 0. The van der Waals surface area contributed by atoms with E-state index in [2.05, 4.69) is 11.2 Å². The number of nitriles is 1. The van der Waals surface area contributed by atoms with E-state index in [1.165, 1.54) is 42.6 Å². The number of Topliss-reactive ketones (excluding diaryl/α,β-unsaturated/α-hetero) is 2. The van der Waals surface area contributed by atoms with Crippen molar-refractivity contribution in [3.05, 3.63) is 365 Å². The molecular weight excluding hydrogens is 1370 g/mol. The molecule has 13 rings (SSSR count). The Kier molecular flexibility index (Phi) is 29.8. The molecule has 0 radical (unpaired) electrons. The molecule has 0 spiro atoms. The standard InChI is InChI=1S/C25H22O3.C17H13F2NO2.C16H16O2.C15H14O2.C9H11NO2.C9H9NO/c1-17-10-9-15-21-22(17)24(26)23(20-13-7-4-8-14-20)25(28-21)18(2)27-16-19-11-5-3-6-12-19;1-9(20)17-14(10-4-2-5-11(18)8-10)16(21)15-12(19)6-3-7-13(15)22-17;1-12-7-6-10-15(18-2)16(12)14(17)11-13-8-4-3-5-9-13;1-11-6-5-9-13(16)15(11)14(17)10-12-7-3-2-4-8-12;1-7-4-3-5-9(12-2)8(7)6-10-11;1-7-4-3-5-9(11-2)8(7)6-10/h3-15,18H,16H2,1-2H3;2-9H,20H2,1H3;3-10H,11H2,1-2H3;2-9,16H,10H2,1H3;3-6,11H,1-2H3;3-5H,1-2H3/b;;;;10-6+;. The zero-order valence-electron chi connectivity index (χ0n) is 61.8. The number of aromatic hydroxyl groups is 1. The second kappa shape index (κ2) is 39.8. The Bertz CT molecular complexity index is 5370. The van der Waals surface area contributed by atoms with Crippen molar-refractivity contribution in [1.82, 2.24) is 0 Å². The molecule has 15 nitrogen and oxygen atoms in total. The molecule has 0 saturated carbocycles.